The fourth-order valence-corrected chi connectivity index (χ4v) is 2.47. The van der Waals surface area contributed by atoms with Crippen molar-refractivity contribution in [2.75, 3.05) is 11.9 Å². The average Bonchev–Trinajstić information content (AvgIpc) is 2.76. The van der Waals surface area contributed by atoms with Crippen LogP contribution in [0.25, 0.3) is 10.2 Å². The Morgan fingerprint density at radius 2 is 2.24 bits per heavy atom. The summed E-state index contributed by atoms with van der Waals surface area (Å²) in [6.07, 6.45) is -5.71. The molecule has 9 heteroatoms. The molecule has 0 spiro atoms. The first-order valence-corrected chi connectivity index (χ1v) is 6.99. The SMILES string of the molecule is CC(OCC(F)(F)F)C(=O)Nc1nc2cc(Cl)ccc2s1. The third-order valence-electron chi connectivity index (χ3n) is 2.45. The third kappa shape index (κ3) is 4.55. The summed E-state index contributed by atoms with van der Waals surface area (Å²) in [7, 11) is 0. The van der Waals surface area contributed by atoms with Gasteiger partial charge in [0.25, 0.3) is 5.91 Å². The molecule has 2 rings (SSSR count). The van der Waals surface area contributed by atoms with Gasteiger partial charge in [-0.2, -0.15) is 13.2 Å². The van der Waals surface area contributed by atoms with Gasteiger partial charge in [0.15, 0.2) is 5.13 Å². The Hall–Kier alpha value is -1.38. The van der Waals surface area contributed by atoms with Crippen molar-refractivity contribution < 1.29 is 22.7 Å². The van der Waals surface area contributed by atoms with Crippen molar-refractivity contribution in [2.45, 2.75) is 19.2 Å². The zero-order chi connectivity index (χ0) is 15.6. The molecule has 0 saturated heterocycles. The van der Waals surface area contributed by atoms with Gasteiger partial charge in [-0.3, -0.25) is 10.1 Å². The van der Waals surface area contributed by atoms with Crippen molar-refractivity contribution in [3.8, 4) is 0 Å². The summed E-state index contributed by atoms with van der Waals surface area (Å²) in [6, 6.07) is 5.06. The number of ether oxygens (including phenoxy) is 1. The molecule has 1 amide bonds. The summed E-state index contributed by atoms with van der Waals surface area (Å²) in [5, 5.41) is 3.20. The van der Waals surface area contributed by atoms with E-state index in [0.717, 1.165) is 4.70 Å². The summed E-state index contributed by atoms with van der Waals surface area (Å²) in [5.74, 6) is -0.690. The maximum Gasteiger partial charge on any atom is 0.411 e. The Labute approximate surface area is 126 Å². The summed E-state index contributed by atoms with van der Waals surface area (Å²) in [5.41, 5.74) is 0.603. The molecule has 0 fully saturated rings. The highest BCUT2D eigenvalue weighted by atomic mass is 35.5. The standard InChI is InChI=1S/C12H10ClF3N2O2S/c1-6(20-5-12(14,15)16)10(19)18-11-17-8-4-7(13)2-3-9(8)21-11/h2-4,6H,5H2,1H3,(H,17,18,19). The minimum Gasteiger partial charge on any atom is -0.359 e. The molecule has 4 nitrogen and oxygen atoms in total. The summed E-state index contributed by atoms with van der Waals surface area (Å²) in [4.78, 5) is 15.8. The molecule has 1 unspecified atom stereocenters. The Morgan fingerprint density at radius 1 is 1.52 bits per heavy atom. The van der Waals surface area contributed by atoms with Crippen LogP contribution >= 0.6 is 22.9 Å². The van der Waals surface area contributed by atoms with E-state index < -0.39 is 24.8 Å². The van der Waals surface area contributed by atoms with Crippen molar-refractivity contribution in [3.05, 3.63) is 23.2 Å². The molecule has 0 aliphatic rings. The van der Waals surface area contributed by atoms with Crippen molar-refractivity contribution >= 4 is 44.2 Å². The van der Waals surface area contributed by atoms with E-state index >= 15 is 0 Å². The van der Waals surface area contributed by atoms with Crippen LogP contribution in [-0.4, -0.2) is 29.8 Å². The summed E-state index contributed by atoms with van der Waals surface area (Å²) < 4.78 is 41.3. The predicted molar refractivity (Wildman–Crippen MR) is 74.7 cm³/mol. The first kappa shape index (κ1) is 16.0. The van der Waals surface area contributed by atoms with E-state index in [-0.39, 0.29) is 5.13 Å². The van der Waals surface area contributed by atoms with Crippen molar-refractivity contribution in [2.24, 2.45) is 0 Å². The van der Waals surface area contributed by atoms with Gasteiger partial charge in [0.05, 0.1) is 10.2 Å². The number of amides is 1. The fraction of sp³-hybridized carbons (Fsp3) is 0.333. The molecule has 1 aromatic heterocycles. The zero-order valence-electron chi connectivity index (χ0n) is 10.7. The number of fused-ring (bicyclic) bond motifs is 1. The number of benzene rings is 1. The molecular weight excluding hydrogens is 329 g/mol. The summed E-state index contributed by atoms with van der Waals surface area (Å²) in [6.45, 7) is -0.234. The smallest absolute Gasteiger partial charge is 0.359 e. The lowest BCUT2D eigenvalue weighted by Crippen LogP contribution is -2.31. The van der Waals surface area contributed by atoms with Crippen LogP contribution in [0.2, 0.25) is 5.02 Å². The molecule has 0 aliphatic carbocycles. The molecule has 114 valence electrons. The molecule has 0 radical (unpaired) electrons. The second-order valence-electron chi connectivity index (χ2n) is 4.19. The number of aromatic nitrogens is 1. The van der Waals surface area contributed by atoms with E-state index in [9.17, 15) is 18.0 Å². The first-order chi connectivity index (χ1) is 9.74. The number of alkyl halides is 3. The van der Waals surface area contributed by atoms with Gasteiger partial charge < -0.3 is 4.74 Å². The Kier molecular flexibility index (Phi) is 4.70. The minimum absolute atomic E-state index is 0.278. The van der Waals surface area contributed by atoms with Crippen molar-refractivity contribution in [1.29, 1.82) is 0 Å². The fourth-order valence-electron chi connectivity index (χ4n) is 1.46. The topological polar surface area (TPSA) is 51.2 Å². The lowest BCUT2D eigenvalue weighted by atomic mass is 10.3. The number of anilines is 1. The predicted octanol–water partition coefficient (Wildman–Crippen LogP) is 3.86. The largest absolute Gasteiger partial charge is 0.411 e. The van der Waals surface area contributed by atoms with Gasteiger partial charge in [-0.15, -0.1) is 0 Å². The van der Waals surface area contributed by atoms with E-state index in [1.807, 2.05) is 0 Å². The number of rotatable bonds is 4. The Bertz CT molecular complexity index is 659. The van der Waals surface area contributed by atoms with Crippen molar-refractivity contribution in [1.82, 2.24) is 4.98 Å². The van der Waals surface area contributed by atoms with Crippen LogP contribution in [0, 0.1) is 0 Å². The number of thiazole rings is 1. The van der Waals surface area contributed by atoms with E-state index in [0.29, 0.717) is 10.5 Å². The van der Waals surface area contributed by atoms with Crippen LogP contribution in [0.3, 0.4) is 0 Å². The van der Waals surface area contributed by atoms with Crippen molar-refractivity contribution in [3.63, 3.8) is 0 Å². The number of hydrogen-bond acceptors (Lipinski definition) is 4. The Morgan fingerprint density at radius 3 is 2.90 bits per heavy atom. The third-order valence-corrected chi connectivity index (χ3v) is 3.63. The van der Waals surface area contributed by atoms with Gasteiger partial charge in [-0.1, -0.05) is 22.9 Å². The van der Waals surface area contributed by atoms with Crippen LogP contribution in [0.4, 0.5) is 18.3 Å². The molecule has 0 bridgehead atoms. The Balaban J connectivity index is 2.00. The number of nitrogens with one attached hydrogen (secondary N) is 1. The highest BCUT2D eigenvalue weighted by molar-refractivity contribution is 7.22. The average molecular weight is 339 g/mol. The highest BCUT2D eigenvalue weighted by Crippen LogP contribution is 2.28. The summed E-state index contributed by atoms with van der Waals surface area (Å²) >= 11 is 7.01. The van der Waals surface area contributed by atoms with Gasteiger partial charge in [-0.25, -0.2) is 4.98 Å². The van der Waals surface area contributed by atoms with Gasteiger partial charge in [0, 0.05) is 5.02 Å². The van der Waals surface area contributed by atoms with Crippen LogP contribution in [0.5, 0.6) is 0 Å². The molecule has 21 heavy (non-hydrogen) atoms. The first-order valence-electron chi connectivity index (χ1n) is 5.80. The van der Waals surface area contributed by atoms with Crippen LogP contribution < -0.4 is 5.32 Å². The number of hydrogen-bond donors (Lipinski definition) is 1. The van der Waals surface area contributed by atoms with E-state index in [2.05, 4.69) is 15.0 Å². The lowest BCUT2D eigenvalue weighted by Gasteiger charge is -2.13. The van der Waals surface area contributed by atoms with E-state index in [4.69, 9.17) is 11.6 Å². The number of nitrogens with zero attached hydrogens (tertiary/aromatic N) is 1. The van der Waals surface area contributed by atoms with Crippen LogP contribution in [0.1, 0.15) is 6.92 Å². The molecule has 0 saturated carbocycles. The lowest BCUT2D eigenvalue weighted by molar-refractivity contribution is -0.184. The molecule has 1 aromatic carbocycles. The monoisotopic (exact) mass is 338 g/mol. The second-order valence-corrected chi connectivity index (χ2v) is 5.66. The quantitative estimate of drug-likeness (QED) is 0.921. The van der Waals surface area contributed by atoms with Gasteiger partial charge in [-0.05, 0) is 25.1 Å². The molecule has 0 aliphatic heterocycles. The molecular formula is C12H10ClF3N2O2S. The molecule has 2 aromatic rings. The van der Waals surface area contributed by atoms with Gasteiger partial charge in [0.1, 0.15) is 12.7 Å². The van der Waals surface area contributed by atoms with Crippen LogP contribution in [0.15, 0.2) is 18.2 Å². The second kappa shape index (κ2) is 6.17. The van der Waals surface area contributed by atoms with E-state index in [1.165, 1.54) is 18.3 Å². The minimum atomic E-state index is -4.47. The normalized spacial score (nSPS) is 13.4. The maximum absolute atomic E-state index is 12.0. The maximum atomic E-state index is 12.0. The number of carbonyl (C=O) groups excluding carboxylic acids is 1. The molecule has 1 N–H and O–H groups in total. The van der Waals surface area contributed by atoms with Gasteiger partial charge >= 0.3 is 6.18 Å². The molecule has 1 atom stereocenters. The zero-order valence-corrected chi connectivity index (χ0v) is 12.3. The number of halogens is 4. The van der Waals surface area contributed by atoms with E-state index in [1.54, 1.807) is 18.2 Å². The number of carbonyl (C=O) groups is 1. The van der Waals surface area contributed by atoms with Crippen LogP contribution in [-0.2, 0) is 9.53 Å². The van der Waals surface area contributed by atoms with Gasteiger partial charge in [0.2, 0.25) is 0 Å². The molecule has 1 heterocycles. The highest BCUT2D eigenvalue weighted by Gasteiger charge is 2.30.